The van der Waals surface area contributed by atoms with E-state index in [1.165, 1.54) is 0 Å². The van der Waals surface area contributed by atoms with Crippen molar-refractivity contribution in [1.82, 2.24) is 4.72 Å². The molecular formula is C11H10NO2S. The molecule has 0 saturated carbocycles. The van der Waals surface area contributed by atoms with Crippen molar-refractivity contribution in [2.45, 2.75) is 4.90 Å². The molecule has 0 bridgehead atoms. The first-order valence-corrected chi connectivity index (χ1v) is 5.90. The summed E-state index contributed by atoms with van der Waals surface area (Å²) in [5, 5.41) is 1.60. The molecule has 0 amide bonds. The van der Waals surface area contributed by atoms with E-state index in [1.54, 1.807) is 18.2 Å². The molecule has 0 aromatic heterocycles. The first-order valence-electron chi connectivity index (χ1n) is 4.42. The highest BCUT2D eigenvalue weighted by Gasteiger charge is 2.13. The molecule has 1 radical (unpaired) electrons. The lowest BCUT2D eigenvalue weighted by Crippen LogP contribution is -2.16. The van der Waals surface area contributed by atoms with Gasteiger partial charge in [-0.1, -0.05) is 36.4 Å². The molecule has 15 heavy (non-hydrogen) atoms. The second kappa shape index (κ2) is 3.64. The van der Waals surface area contributed by atoms with E-state index in [2.05, 4.69) is 11.8 Å². The Morgan fingerprint density at radius 3 is 2.40 bits per heavy atom. The van der Waals surface area contributed by atoms with Gasteiger partial charge in [-0.2, -0.15) is 0 Å². The van der Waals surface area contributed by atoms with Gasteiger partial charge in [0.15, 0.2) is 0 Å². The molecule has 0 fully saturated rings. The fraction of sp³-hybridized carbons (Fsp3) is 0. The zero-order chi connectivity index (χ0) is 10.9. The van der Waals surface area contributed by atoms with E-state index < -0.39 is 10.0 Å². The minimum Gasteiger partial charge on any atom is -0.210 e. The summed E-state index contributed by atoms with van der Waals surface area (Å²) in [5.74, 6) is 0. The van der Waals surface area contributed by atoms with Gasteiger partial charge in [0.2, 0.25) is 10.0 Å². The Kier molecular flexibility index (Phi) is 2.46. The van der Waals surface area contributed by atoms with Crippen LogP contribution in [-0.4, -0.2) is 8.42 Å². The molecule has 0 atom stereocenters. The quantitative estimate of drug-likeness (QED) is 0.840. The van der Waals surface area contributed by atoms with E-state index in [9.17, 15) is 8.42 Å². The molecule has 0 aliphatic rings. The second-order valence-corrected chi connectivity index (χ2v) is 4.86. The summed E-state index contributed by atoms with van der Waals surface area (Å²) in [4.78, 5) is 0.260. The van der Waals surface area contributed by atoms with Gasteiger partial charge in [-0.3, -0.25) is 0 Å². The average Bonchev–Trinajstić information content (AvgIpc) is 2.28. The van der Waals surface area contributed by atoms with Crippen LogP contribution in [0.1, 0.15) is 0 Å². The third-order valence-corrected chi connectivity index (χ3v) is 3.54. The Hall–Kier alpha value is -1.39. The lowest BCUT2D eigenvalue weighted by Gasteiger charge is -2.05. The van der Waals surface area contributed by atoms with E-state index in [-0.39, 0.29) is 4.90 Å². The predicted molar refractivity (Wildman–Crippen MR) is 59.6 cm³/mol. The highest BCUT2D eigenvalue weighted by atomic mass is 32.2. The van der Waals surface area contributed by atoms with Gasteiger partial charge in [-0.05, 0) is 11.5 Å². The van der Waals surface area contributed by atoms with Crippen LogP contribution in [-0.2, 0) is 10.0 Å². The van der Waals surface area contributed by atoms with E-state index in [0.717, 1.165) is 5.39 Å². The predicted octanol–water partition coefficient (Wildman–Crippen LogP) is 1.91. The SMILES string of the molecule is [CH2]NS(=O)(=O)c1cccc2ccccc12. The number of rotatable bonds is 2. The van der Waals surface area contributed by atoms with Gasteiger partial charge < -0.3 is 0 Å². The van der Waals surface area contributed by atoms with Crippen LogP contribution < -0.4 is 4.72 Å². The third-order valence-electron chi connectivity index (χ3n) is 2.23. The lowest BCUT2D eigenvalue weighted by molar-refractivity contribution is 0.591. The molecule has 2 aromatic carbocycles. The Bertz CT molecular complexity index is 585. The average molecular weight is 220 g/mol. The van der Waals surface area contributed by atoms with Crippen molar-refractivity contribution in [3.63, 3.8) is 0 Å². The topological polar surface area (TPSA) is 46.2 Å². The van der Waals surface area contributed by atoms with Crippen LogP contribution in [0.25, 0.3) is 10.8 Å². The molecule has 1 N–H and O–H groups in total. The molecule has 2 rings (SSSR count). The van der Waals surface area contributed by atoms with Crippen molar-refractivity contribution >= 4 is 20.8 Å². The largest absolute Gasteiger partial charge is 0.241 e. The lowest BCUT2D eigenvalue weighted by atomic mass is 10.1. The molecule has 0 aliphatic carbocycles. The standard InChI is InChI=1S/C11H10NO2S/c1-12-15(13,14)11-8-4-6-9-5-2-3-7-10(9)11/h2-8,12H,1H2. The molecule has 0 saturated heterocycles. The summed E-state index contributed by atoms with van der Waals surface area (Å²) in [7, 11) is -0.283. The van der Waals surface area contributed by atoms with Crippen LogP contribution in [0.3, 0.4) is 0 Å². The third kappa shape index (κ3) is 1.73. The number of hydrogen-bond donors (Lipinski definition) is 1. The minimum absolute atomic E-state index is 0.260. The van der Waals surface area contributed by atoms with Crippen LogP contribution in [0.15, 0.2) is 47.4 Å². The van der Waals surface area contributed by atoms with Gasteiger partial charge in [0.05, 0.1) is 4.90 Å². The monoisotopic (exact) mass is 220 g/mol. The van der Waals surface area contributed by atoms with Crippen molar-refractivity contribution in [3.8, 4) is 0 Å². The highest BCUT2D eigenvalue weighted by Crippen LogP contribution is 2.22. The Morgan fingerprint density at radius 2 is 1.67 bits per heavy atom. The highest BCUT2D eigenvalue weighted by molar-refractivity contribution is 7.89. The van der Waals surface area contributed by atoms with Crippen molar-refractivity contribution < 1.29 is 8.42 Å². The summed E-state index contributed by atoms with van der Waals surface area (Å²) in [6, 6.07) is 12.5. The zero-order valence-corrected chi connectivity index (χ0v) is 8.79. The second-order valence-electron chi connectivity index (χ2n) is 3.13. The maximum Gasteiger partial charge on any atom is 0.241 e. The Morgan fingerprint density at radius 1 is 1.00 bits per heavy atom. The normalized spacial score (nSPS) is 11.8. The van der Waals surface area contributed by atoms with Crippen molar-refractivity contribution in [2.24, 2.45) is 0 Å². The number of hydrogen-bond acceptors (Lipinski definition) is 2. The smallest absolute Gasteiger partial charge is 0.210 e. The Balaban J connectivity index is 2.83. The van der Waals surface area contributed by atoms with E-state index in [4.69, 9.17) is 0 Å². The first-order chi connectivity index (χ1) is 7.15. The maximum atomic E-state index is 11.6. The molecule has 0 aliphatic heterocycles. The number of fused-ring (bicyclic) bond motifs is 1. The van der Waals surface area contributed by atoms with Gasteiger partial charge >= 0.3 is 0 Å². The molecule has 3 nitrogen and oxygen atoms in total. The number of benzene rings is 2. The molecule has 0 unspecified atom stereocenters. The Labute approximate surface area is 88.8 Å². The summed E-state index contributed by atoms with van der Waals surface area (Å²) >= 11 is 0. The van der Waals surface area contributed by atoms with E-state index in [1.807, 2.05) is 24.3 Å². The summed E-state index contributed by atoms with van der Waals surface area (Å²) < 4.78 is 25.4. The maximum absolute atomic E-state index is 11.6. The zero-order valence-electron chi connectivity index (χ0n) is 7.97. The minimum atomic E-state index is -3.49. The molecule has 0 spiro atoms. The van der Waals surface area contributed by atoms with E-state index in [0.29, 0.717) is 5.39 Å². The first kappa shape index (κ1) is 10.1. The fourth-order valence-electron chi connectivity index (χ4n) is 1.51. The van der Waals surface area contributed by atoms with Crippen LogP contribution in [0.5, 0.6) is 0 Å². The van der Waals surface area contributed by atoms with Crippen LogP contribution in [0, 0.1) is 7.05 Å². The van der Waals surface area contributed by atoms with Gasteiger partial charge in [-0.15, -0.1) is 0 Å². The fourth-order valence-corrected chi connectivity index (χ4v) is 2.40. The number of nitrogens with one attached hydrogen (secondary N) is 1. The van der Waals surface area contributed by atoms with Crippen molar-refractivity contribution in [2.75, 3.05) is 0 Å². The van der Waals surface area contributed by atoms with Gasteiger partial charge in [0.25, 0.3) is 0 Å². The summed E-state index contributed by atoms with van der Waals surface area (Å²) in [6.45, 7) is 0. The number of sulfonamides is 1. The van der Waals surface area contributed by atoms with Crippen LogP contribution in [0.4, 0.5) is 0 Å². The molecule has 0 heterocycles. The molecule has 4 heteroatoms. The van der Waals surface area contributed by atoms with Crippen molar-refractivity contribution in [1.29, 1.82) is 0 Å². The van der Waals surface area contributed by atoms with Gasteiger partial charge in [0.1, 0.15) is 0 Å². The van der Waals surface area contributed by atoms with Crippen LogP contribution >= 0.6 is 0 Å². The van der Waals surface area contributed by atoms with Gasteiger partial charge in [-0.25, -0.2) is 13.1 Å². The summed E-state index contributed by atoms with van der Waals surface area (Å²) in [5.41, 5.74) is 0. The molecular weight excluding hydrogens is 210 g/mol. The van der Waals surface area contributed by atoms with Gasteiger partial charge in [0, 0.05) is 12.4 Å². The van der Waals surface area contributed by atoms with Crippen molar-refractivity contribution in [3.05, 3.63) is 49.5 Å². The van der Waals surface area contributed by atoms with Crippen LogP contribution in [0.2, 0.25) is 0 Å². The van der Waals surface area contributed by atoms with E-state index >= 15 is 0 Å². The molecule has 77 valence electrons. The summed E-state index contributed by atoms with van der Waals surface area (Å²) in [6.07, 6.45) is 0. The molecule has 2 aromatic rings.